The van der Waals surface area contributed by atoms with E-state index in [9.17, 15) is 15.2 Å². The summed E-state index contributed by atoms with van der Waals surface area (Å²) in [6.45, 7) is 0.714. The zero-order valence-corrected chi connectivity index (χ0v) is 12.5. The number of rotatable bonds is 4. The Morgan fingerprint density at radius 2 is 1.96 bits per heavy atom. The lowest BCUT2D eigenvalue weighted by Gasteiger charge is -2.11. The van der Waals surface area contributed by atoms with Crippen LogP contribution >= 0.6 is 0 Å². The molecule has 2 aromatic carbocycles. The summed E-state index contributed by atoms with van der Waals surface area (Å²) in [5.74, 6) is 0.486. The molecule has 3 N–H and O–H groups in total. The number of benzene rings is 2. The van der Waals surface area contributed by atoms with E-state index in [0.717, 1.165) is 11.1 Å². The summed E-state index contributed by atoms with van der Waals surface area (Å²) in [5, 5.41) is 22.4. The summed E-state index contributed by atoms with van der Waals surface area (Å²) in [4.78, 5) is 10.3. The molecular formula is C16H17N2O5+. The Balaban J connectivity index is 1.74. The number of methoxy groups -OCH3 is 1. The van der Waals surface area contributed by atoms with Crippen LogP contribution in [0.25, 0.3) is 0 Å². The van der Waals surface area contributed by atoms with Crippen molar-refractivity contribution in [3.63, 3.8) is 0 Å². The third-order valence-electron chi connectivity index (χ3n) is 3.88. The molecule has 120 valence electrons. The number of nitrogens with zero attached hydrogens (tertiary/aromatic N) is 1. The number of nitro groups is 1. The monoisotopic (exact) mass is 317 g/mol. The standard InChI is InChI=1S/C16H16N2O5/c1-22-14-8-11(4-7-13(14)19)16-17-9-15(23-16)10-2-5-12(6-3-10)18(20)21/h2-8,15-17,19H,9H2,1H3/p+1/t15-,16+/m0/s1. The lowest BCUT2D eigenvalue weighted by molar-refractivity contribution is -0.698. The maximum Gasteiger partial charge on any atom is 0.269 e. The minimum Gasteiger partial charge on any atom is -0.504 e. The van der Waals surface area contributed by atoms with Gasteiger partial charge in [-0.05, 0) is 35.9 Å². The van der Waals surface area contributed by atoms with Gasteiger partial charge in [-0.2, -0.15) is 0 Å². The van der Waals surface area contributed by atoms with Crippen LogP contribution in [-0.2, 0) is 4.74 Å². The maximum atomic E-state index is 10.7. The highest BCUT2D eigenvalue weighted by atomic mass is 16.6. The molecule has 0 spiro atoms. The lowest BCUT2D eigenvalue weighted by Crippen LogP contribution is -2.82. The molecule has 0 saturated carbocycles. The highest BCUT2D eigenvalue weighted by molar-refractivity contribution is 5.42. The van der Waals surface area contributed by atoms with Gasteiger partial charge in [-0.3, -0.25) is 10.1 Å². The second kappa shape index (κ2) is 6.23. The van der Waals surface area contributed by atoms with Crippen LogP contribution in [0.3, 0.4) is 0 Å². The molecule has 0 bridgehead atoms. The van der Waals surface area contributed by atoms with Crippen molar-refractivity contribution < 1.29 is 24.8 Å². The highest BCUT2D eigenvalue weighted by Crippen LogP contribution is 2.32. The second-order valence-corrected chi connectivity index (χ2v) is 5.30. The summed E-state index contributed by atoms with van der Waals surface area (Å²) in [7, 11) is 1.50. The molecule has 2 aromatic rings. The van der Waals surface area contributed by atoms with E-state index in [2.05, 4.69) is 0 Å². The van der Waals surface area contributed by atoms with Crippen LogP contribution < -0.4 is 10.1 Å². The van der Waals surface area contributed by atoms with Crippen LogP contribution in [0.1, 0.15) is 23.5 Å². The Morgan fingerprint density at radius 1 is 1.26 bits per heavy atom. The van der Waals surface area contributed by atoms with Crippen LogP contribution in [0.4, 0.5) is 5.69 Å². The second-order valence-electron chi connectivity index (χ2n) is 5.30. The number of quaternary nitrogens is 1. The molecule has 0 amide bonds. The number of phenols is 1. The van der Waals surface area contributed by atoms with Crippen molar-refractivity contribution in [1.82, 2.24) is 0 Å². The molecule has 7 nitrogen and oxygen atoms in total. The molecule has 1 heterocycles. The molecule has 0 radical (unpaired) electrons. The van der Waals surface area contributed by atoms with Crippen molar-refractivity contribution in [1.29, 1.82) is 0 Å². The van der Waals surface area contributed by atoms with E-state index in [-0.39, 0.29) is 23.8 Å². The molecular weight excluding hydrogens is 300 g/mol. The van der Waals surface area contributed by atoms with Crippen molar-refractivity contribution in [2.75, 3.05) is 13.7 Å². The SMILES string of the molecule is COc1cc([C@@H]2[NH2+]C[C@@H](c3ccc([N+](=O)[O-])cc3)O2)ccc1O. The summed E-state index contributed by atoms with van der Waals surface area (Å²) in [6, 6.07) is 11.5. The van der Waals surface area contributed by atoms with Gasteiger partial charge < -0.3 is 19.9 Å². The van der Waals surface area contributed by atoms with Crippen LogP contribution in [-0.4, -0.2) is 23.7 Å². The van der Waals surface area contributed by atoms with Gasteiger partial charge in [-0.1, -0.05) is 0 Å². The van der Waals surface area contributed by atoms with Gasteiger partial charge in [0.05, 0.1) is 12.0 Å². The van der Waals surface area contributed by atoms with Crippen LogP contribution in [0.2, 0.25) is 0 Å². The Bertz CT molecular complexity index is 717. The first kappa shape index (κ1) is 15.3. The van der Waals surface area contributed by atoms with Gasteiger partial charge >= 0.3 is 0 Å². The molecule has 7 heteroatoms. The fraction of sp³-hybridized carbons (Fsp3) is 0.250. The Kier molecular flexibility index (Phi) is 4.14. The average Bonchev–Trinajstić information content (AvgIpc) is 3.05. The maximum absolute atomic E-state index is 10.7. The lowest BCUT2D eigenvalue weighted by atomic mass is 10.1. The van der Waals surface area contributed by atoms with Crippen molar-refractivity contribution in [3.8, 4) is 11.5 Å². The van der Waals surface area contributed by atoms with Crippen LogP contribution in [0.5, 0.6) is 11.5 Å². The van der Waals surface area contributed by atoms with Crippen molar-refractivity contribution >= 4 is 5.69 Å². The van der Waals surface area contributed by atoms with Crippen molar-refractivity contribution in [2.45, 2.75) is 12.3 Å². The van der Waals surface area contributed by atoms with E-state index in [1.807, 2.05) is 5.32 Å². The van der Waals surface area contributed by atoms with Gasteiger partial charge in [0.15, 0.2) is 11.5 Å². The van der Waals surface area contributed by atoms with Crippen molar-refractivity contribution in [2.24, 2.45) is 0 Å². The van der Waals surface area contributed by atoms with Gasteiger partial charge in [0.1, 0.15) is 12.6 Å². The molecule has 1 saturated heterocycles. The van der Waals surface area contributed by atoms with Gasteiger partial charge in [0.2, 0.25) is 6.23 Å². The highest BCUT2D eigenvalue weighted by Gasteiger charge is 2.31. The molecule has 2 atom stereocenters. The minimum atomic E-state index is -0.420. The molecule has 1 aliphatic heterocycles. The molecule has 23 heavy (non-hydrogen) atoms. The largest absolute Gasteiger partial charge is 0.504 e. The smallest absolute Gasteiger partial charge is 0.269 e. The number of ether oxygens (including phenoxy) is 2. The number of aromatic hydroxyl groups is 1. The van der Waals surface area contributed by atoms with E-state index >= 15 is 0 Å². The molecule has 0 unspecified atom stereocenters. The van der Waals surface area contributed by atoms with E-state index in [0.29, 0.717) is 12.3 Å². The first-order valence-electron chi connectivity index (χ1n) is 7.18. The number of hydrogen-bond acceptors (Lipinski definition) is 5. The first-order chi connectivity index (χ1) is 11.1. The molecule has 0 aliphatic carbocycles. The average molecular weight is 317 g/mol. The Hall–Kier alpha value is -2.64. The Morgan fingerprint density at radius 3 is 2.61 bits per heavy atom. The topological polar surface area (TPSA) is 98.4 Å². The molecule has 0 aromatic heterocycles. The van der Waals surface area contributed by atoms with Crippen LogP contribution in [0.15, 0.2) is 42.5 Å². The zero-order chi connectivity index (χ0) is 16.4. The van der Waals surface area contributed by atoms with E-state index in [1.165, 1.54) is 19.2 Å². The summed E-state index contributed by atoms with van der Waals surface area (Å²) < 4.78 is 11.1. The number of phenolic OH excluding ortho intramolecular Hbond substituents is 1. The molecule has 1 aliphatic rings. The minimum absolute atomic E-state index is 0.0653. The number of nitro benzene ring substituents is 1. The van der Waals surface area contributed by atoms with E-state index < -0.39 is 4.92 Å². The first-order valence-corrected chi connectivity index (χ1v) is 7.18. The summed E-state index contributed by atoms with van der Waals surface area (Å²) in [5.41, 5.74) is 1.86. The fourth-order valence-corrected chi connectivity index (χ4v) is 2.65. The Labute approximate surface area is 132 Å². The quantitative estimate of drug-likeness (QED) is 0.660. The number of nitrogens with two attached hydrogens (primary N) is 1. The molecule has 1 fully saturated rings. The van der Waals surface area contributed by atoms with Gasteiger partial charge in [0, 0.05) is 17.7 Å². The van der Waals surface area contributed by atoms with E-state index in [4.69, 9.17) is 9.47 Å². The number of non-ortho nitro benzene ring substituents is 1. The summed E-state index contributed by atoms with van der Waals surface area (Å²) >= 11 is 0. The number of hydrogen-bond donors (Lipinski definition) is 2. The van der Waals surface area contributed by atoms with Gasteiger partial charge in [0.25, 0.3) is 5.69 Å². The normalized spacial score (nSPS) is 20.4. The van der Waals surface area contributed by atoms with E-state index in [1.54, 1.807) is 30.3 Å². The summed E-state index contributed by atoms with van der Waals surface area (Å²) in [6.07, 6.45) is -0.342. The van der Waals surface area contributed by atoms with Gasteiger partial charge in [-0.15, -0.1) is 0 Å². The predicted octanol–water partition coefficient (Wildman–Crippen LogP) is 1.64. The third kappa shape index (κ3) is 3.10. The zero-order valence-electron chi connectivity index (χ0n) is 12.5. The molecule has 3 rings (SSSR count). The van der Waals surface area contributed by atoms with Gasteiger partial charge in [-0.25, -0.2) is 0 Å². The van der Waals surface area contributed by atoms with Crippen LogP contribution in [0, 0.1) is 10.1 Å². The van der Waals surface area contributed by atoms with Crippen molar-refractivity contribution in [3.05, 3.63) is 63.7 Å². The fourth-order valence-electron chi connectivity index (χ4n) is 2.65. The predicted molar refractivity (Wildman–Crippen MR) is 81.1 cm³/mol. The third-order valence-corrected chi connectivity index (χ3v) is 3.88.